The van der Waals surface area contributed by atoms with Crippen LogP contribution in [-0.2, 0) is 11.3 Å². The second kappa shape index (κ2) is 6.58. The Kier molecular flexibility index (Phi) is 4.81. The molecule has 6 heteroatoms. The SMILES string of the molecule is COCCNCc1ccn(-c2cc(F)c(C)cc2F)n1. The van der Waals surface area contributed by atoms with E-state index in [0.717, 1.165) is 11.8 Å². The van der Waals surface area contributed by atoms with Crippen molar-refractivity contribution < 1.29 is 13.5 Å². The summed E-state index contributed by atoms with van der Waals surface area (Å²) < 4.78 is 33.6. The number of nitrogens with one attached hydrogen (secondary N) is 1. The first-order valence-electron chi connectivity index (χ1n) is 6.32. The minimum atomic E-state index is -0.495. The monoisotopic (exact) mass is 281 g/mol. The van der Waals surface area contributed by atoms with E-state index < -0.39 is 11.6 Å². The van der Waals surface area contributed by atoms with Crippen LogP contribution in [0.1, 0.15) is 11.3 Å². The molecule has 4 nitrogen and oxygen atoms in total. The molecule has 2 rings (SSSR count). The van der Waals surface area contributed by atoms with Gasteiger partial charge in [-0.15, -0.1) is 0 Å². The van der Waals surface area contributed by atoms with Gasteiger partial charge in [-0.25, -0.2) is 13.5 Å². The Hall–Kier alpha value is -1.79. The zero-order chi connectivity index (χ0) is 14.5. The maximum Gasteiger partial charge on any atom is 0.149 e. The molecule has 0 aliphatic heterocycles. The molecule has 0 atom stereocenters. The fourth-order valence-electron chi connectivity index (χ4n) is 1.79. The van der Waals surface area contributed by atoms with Gasteiger partial charge >= 0.3 is 0 Å². The van der Waals surface area contributed by atoms with E-state index >= 15 is 0 Å². The average molecular weight is 281 g/mol. The fraction of sp³-hybridized carbons (Fsp3) is 0.357. The summed E-state index contributed by atoms with van der Waals surface area (Å²) in [6.07, 6.45) is 1.61. The standard InChI is InChI=1S/C14H17F2N3O/c1-10-7-13(16)14(8-12(10)15)19-5-3-11(18-19)9-17-4-6-20-2/h3,5,7-8,17H,4,6,9H2,1-2H3. The highest BCUT2D eigenvalue weighted by atomic mass is 19.1. The van der Waals surface area contributed by atoms with E-state index in [2.05, 4.69) is 10.4 Å². The predicted molar refractivity (Wildman–Crippen MR) is 71.8 cm³/mol. The van der Waals surface area contributed by atoms with Crippen molar-refractivity contribution in [3.05, 3.63) is 47.3 Å². The molecule has 0 fully saturated rings. The van der Waals surface area contributed by atoms with Crippen LogP contribution in [0.3, 0.4) is 0 Å². The van der Waals surface area contributed by atoms with Crippen molar-refractivity contribution in [3.63, 3.8) is 0 Å². The van der Waals surface area contributed by atoms with Gasteiger partial charge < -0.3 is 10.1 Å². The molecule has 0 aliphatic carbocycles. The predicted octanol–water partition coefficient (Wildman–Crippen LogP) is 2.19. The Bertz CT molecular complexity index is 584. The smallest absolute Gasteiger partial charge is 0.149 e. The van der Waals surface area contributed by atoms with E-state index in [1.807, 2.05) is 0 Å². The summed E-state index contributed by atoms with van der Waals surface area (Å²) in [5.41, 5.74) is 1.14. The van der Waals surface area contributed by atoms with Crippen LogP contribution < -0.4 is 5.32 Å². The minimum absolute atomic E-state index is 0.108. The molecular weight excluding hydrogens is 264 g/mol. The molecule has 20 heavy (non-hydrogen) atoms. The Morgan fingerprint density at radius 3 is 2.85 bits per heavy atom. The van der Waals surface area contributed by atoms with E-state index in [4.69, 9.17) is 4.74 Å². The van der Waals surface area contributed by atoms with Gasteiger partial charge in [0.2, 0.25) is 0 Å². The average Bonchev–Trinajstić information content (AvgIpc) is 2.87. The lowest BCUT2D eigenvalue weighted by Gasteiger charge is -2.05. The lowest BCUT2D eigenvalue weighted by atomic mass is 10.2. The Labute approximate surface area is 116 Å². The quantitative estimate of drug-likeness (QED) is 0.825. The van der Waals surface area contributed by atoms with E-state index in [0.29, 0.717) is 19.7 Å². The summed E-state index contributed by atoms with van der Waals surface area (Å²) in [5, 5.41) is 7.35. The molecule has 0 saturated heterocycles. The molecule has 1 aromatic heterocycles. The van der Waals surface area contributed by atoms with Crippen molar-refractivity contribution >= 4 is 0 Å². The zero-order valence-electron chi connectivity index (χ0n) is 11.5. The van der Waals surface area contributed by atoms with Crippen LogP contribution in [0.25, 0.3) is 5.69 Å². The third-order valence-electron chi connectivity index (χ3n) is 2.91. The summed E-state index contributed by atoms with van der Waals surface area (Å²) in [5.74, 6) is -0.942. The van der Waals surface area contributed by atoms with Gasteiger partial charge in [0, 0.05) is 32.5 Å². The number of halogens is 2. The lowest BCUT2D eigenvalue weighted by molar-refractivity contribution is 0.199. The summed E-state index contributed by atoms with van der Waals surface area (Å²) in [4.78, 5) is 0. The number of ether oxygens (including phenoxy) is 1. The highest BCUT2D eigenvalue weighted by Gasteiger charge is 2.10. The molecule has 0 radical (unpaired) electrons. The van der Waals surface area contributed by atoms with Crippen LogP contribution in [-0.4, -0.2) is 30.0 Å². The van der Waals surface area contributed by atoms with Gasteiger partial charge in [0.25, 0.3) is 0 Å². The normalized spacial score (nSPS) is 11.0. The molecule has 108 valence electrons. The molecule has 1 heterocycles. The largest absolute Gasteiger partial charge is 0.383 e. The molecular formula is C14H17F2N3O. The molecule has 1 N–H and O–H groups in total. The highest BCUT2D eigenvalue weighted by Crippen LogP contribution is 2.17. The number of nitrogens with zero attached hydrogens (tertiary/aromatic N) is 2. The van der Waals surface area contributed by atoms with E-state index in [1.54, 1.807) is 19.4 Å². The van der Waals surface area contributed by atoms with Gasteiger partial charge in [-0.3, -0.25) is 0 Å². The van der Waals surface area contributed by atoms with Crippen molar-refractivity contribution in [2.45, 2.75) is 13.5 Å². The van der Waals surface area contributed by atoms with Gasteiger partial charge in [0.15, 0.2) is 0 Å². The van der Waals surface area contributed by atoms with E-state index in [1.165, 1.54) is 17.7 Å². The number of rotatable bonds is 6. The number of methoxy groups -OCH3 is 1. The van der Waals surface area contributed by atoms with Gasteiger partial charge in [0.05, 0.1) is 12.3 Å². The van der Waals surface area contributed by atoms with Crippen molar-refractivity contribution in [2.75, 3.05) is 20.3 Å². The van der Waals surface area contributed by atoms with Crippen LogP contribution in [0.4, 0.5) is 8.78 Å². The number of hydrogen-bond donors (Lipinski definition) is 1. The van der Waals surface area contributed by atoms with Gasteiger partial charge in [-0.2, -0.15) is 5.10 Å². The fourth-order valence-corrected chi connectivity index (χ4v) is 1.79. The summed E-state index contributed by atoms with van der Waals surface area (Å²) in [6, 6.07) is 4.08. The topological polar surface area (TPSA) is 39.1 Å². The number of aromatic nitrogens is 2. The highest BCUT2D eigenvalue weighted by molar-refractivity contribution is 5.36. The van der Waals surface area contributed by atoms with Crippen molar-refractivity contribution in [1.29, 1.82) is 0 Å². The second-order valence-corrected chi connectivity index (χ2v) is 4.47. The van der Waals surface area contributed by atoms with Gasteiger partial charge in [-0.1, -0.05) is 0 Å². The zero-order valence-corrected chi connectivity index (χ0v) is 11.5. The third-order valence-corrected chi connectivity index (χ3v) is 2.91. The van der Waals surface area contributed by atoms with Crippen LogP contribution >= 0.6 is 0 Å². The Balaban J connectivity index is 2.10. The molecule has 0 bridgehead atoms. The Morgan fingerprint density at radius 2 is 2.10 bits per heavy atom. The van der Waals surface area contributed by atoms with Crippen LogP contribution in [0.5, 0.6) is 0 Å². The number of hydrogen-bond acceptors (Lipinski definition) is 3. The van der Waals surface area contributed by atoms with Crippen molar-refractivity contribution in [1.82, 2.24) is 15.1 Å². The first kappa shape index (κ1) is 14.6. The minimum Gasteiger partial charge on any atom is -0.383 e. The molecule has 2 aromatic rings. The van der Waals surface area contributed by atoms with Crippen molar-refractivity contribution in [2.24, 2.45) is 0 Å². The first-order valence-corrected chi connectivity index (χ1v) is 6.32. The lowest BCUT2D eigenvalue weighted by Crippen LogP contribution is -2.18. The van der Waals surface area contributed by atoms with Gasteiger partial charge in [-0.05, 0) is 24.6 Å². The Morgan fingerprint density at radius 1 is 1.30 bits per heavy atom. The van der Waals surface area contributed by atoms with E-state index in [-0.39, 0.29) is 11.3 Å². The molecule has 0 unspecified atom stereocenters. The van der Waals surface area contributed by atoms with Crippen LogP contribution in [0.2, 0.25) is 0 Å². The maximum atomic E-state index is 13.8. The summed E-state index contributed by atoms with van der Waals surface area (Å²) in [7, 11) is 1.63. The third kappa shape index (κ3) is 3.40. The van der Waals surface area contributed by atoms with Crippen molar-refractivity contribution in [3.8, 4) is 5.69 Å². The number of aryl methyl sites for hydroxylation is 1. The molecule has 0 aliphatic rings. The summed E-state index contributed by atoms with van der Waals surface area (Å²) in [6.45, 7) is 3.39. The van der Waals surface area contributed by atoms with Crippen LogP contribution in [0.15, 0.2) is 24.4 Å². The molecule has 0 spiro atoms. The first-order chi connectivity index (χ1) is 9.61. The molecule has 0 saturated carbocycles. The molecule has 1 aromatic carbocycles. The second-order valence-electron chi connectivity index (χ2n) is 4.47. The van der Waals surface area contributed by atoms with Crippen LogP contribution in [0, 0.1) is 18.6 Å². The summed E-state index contributed by atoms with van der Waals surface area (Å²) >= 11 is 0. The number of benzene rings is 1. The molecule has 0 amide bonds. The van der Waals surface area contributed by atoms with E-state index in [9.17, 15) is 8.78 Å². The maximum absolute atomic E-state index is 13.8. The van der Waals surface area contributed by atoms with Gasteiger partial charge in [0.1, 0.15) is 17.3 Å².